The first kappa shape index (κ1) is 16.1. The fraction of sp³-hybridized carbons (Fsp3) is 0.562. The molecule has 1 aromatic carbocycles. The molecule has 1 amide bonds. The fourth-order valence-electron chi connectivity index (χ4n) is 2.76. The summed E-state index contributed by atoms with van der Waals surface area (Å²) in [7, 11) is 1.56. The van der Waals surface area contributed by atoms with Crippen LogP contribution in [0.3, 0.4) is 0 Å². The van der Waals surface area contributed by atoms with E-state index in [2.05, 4.69) is 5.32 Å². The number of rotatable bonds is 5. The molecule has 4 nitrogen and oxygen atoms in total. The Hall–Kier alpha value is -1.26. The minimum Gasteiger partial charge on any atom is -0.496 e. The zero-order valence-corrected chi connectivity index (χ0v) is 13.4. The first-order valence-electron chi connectivity index (χ1n) is 7.49. The predicted molar refractivity (Wildman–Crippen MR) is 85.2 cm³/mol. The molecule has 116 valence electrons. The number of piperidine rings is 1. The van der Waals surface area contributed by atoms with Crippen LogP contribution in [0.1, 0.15) is 30.1 Å². The Kier molecular flexibility index (Phi) is 5.88. The highest BCUT2D eigenvalue weighted by Gasteiger charge is 2.22. The van der Waals surface area contributed by atoms with Gasteiger partial charge in [0.1, 0.15) is 5.75 Å². The maximum atomic E-state index is 12.7. The van der Waals surface area contributed by atoms with Crippen molar-refractivity contribution in [2.24, 2.45) is 5.92 Å². The van der Waals surface area contributed by atoms with Gasteiger partial charge in [-0.3, -0.25) is 4.79 Å². The van der Waals surface area contributed by atoms with E-state index in [0.717, 1.165) is 19.6 Å². The molecule has 1 fully saturated rings. The van der Waals surface area contributed by atoms with Gasteiger partial charge < -0.3 is 15.0 Å². The van der Waals surface area contributed by atoms with E-state index in [1.165, 1.54) is 12.8 Å². The highest BCUT2D eigenvalue weighted by Crippen LogP contribution is 2.25. The third-order valence-electron chi connectivity index (χ3n) is 3.94. The van der Waals surface area contributed by atoms with Crippen LogP contribution in [-0.4, -0.2) is 44.1 Å². The molecule has 21 heavy (non-hydrogen) atoms. The van der Waals surface area contributed by atoms with Crippen molar-refractivity contribution in [3.05, 3.63) is 28.8 Å². The lowest BCUT2D eigenvalue weighted by molar-refractivity contribution is 0.0725. The summed E-state index contributed by atoms with van der Waals surface area (Å²) in [6.07, 6.45) is 2.36. The zero-order valence-electron chi connectivity index (χ0n) is 12.7. The third kappa shape index (κ3) is 4.11. The molecule has 1 aliphatic rings. The van der Waals surface area contributed by atoms with Crippen molar-refractivity contribution in [1.82, 2.24) is 10.2 Å². The van der Waals surface area contributed by atoms with Gasteiger partial charge in [0, 0.05) is 18.1 Å². The van der Waals surface area contributed by atoms with E-state index in [-0.39, 0.29) is 5.91 Å². The lowest BCUT2D eigenvalue weighted by atomic mass is 9.98. The Morgan fingerprint density at radius 1 is 1.52 bits per heavy atom. The number of carbonyl (C=O) groups excluding carboxylic acids is 1. The van der Waals surface area contributed by atoms with Gasteiger partial charge in [-0.25, -0.2) is 0 Å². The predicted octanol–water partition coefficient (Wildman–Crippen LogP) is 2.81. The van der Waals surface area contributed by atoms with Gasteiger partial charge in [-0.2, -0.15) is 0 Å². The summed E-state index contributed by atoms with van der Waals surface area (Å²) in [5, 5.41) is 3.97. The molecule has 0 aromatic heterocycles. The molecule has 5 heteroatoms. The average molecular weight is 311 g/mol. The summed E-state index contributed by atoms with van der Waals surface area (Å²) in [6, 6.07) is 5.16. The van der Waals surface area contributed by atoms with Crippen molar-refractivity contribution in [1.29, 1.82) is 0 Å². The van der Waals surface area contributed by atoms with Crippen LogP contribution in [0, 0.1) is 5.92 Å². The fourth-order valence-corrected chi connectivity index (χ4v) is 2.92. The van der Waals surface area contributed by atoms with Gasteiger partial charge in [0.05, 0.1) is 12.7 Å². The Morgan fingerprint density at radius 3 is 2.95 bits per heavy atom. The van der Waals surface area contributed by atoms with Crippen LogP contribution in [0.25, 0.3) is 0 Å². The van der Waals surface area contributed by atoms with Crippen molar-refractivity contribution < 1.29 is 9.53 Å². The van der Waals surface area contributed by atoms with Gasteiger partial charge in [0.2, 0.25) is 0 Å². The van der Waals surface area contributed by atoms with E-state index < -0.39 is 0 Å². The standard InChI is InChI=1S/C16H23ClN2O2/c1-3-19(11-12-5-4-8-18-10-12)16(20)14-7-6-13(17)9-15(14)21-2/h6-7,9,12,18H,3-5,8,10-11H2,1-2H3. The first-order chi connectivity index (χ1) is 10.2. The van der Waals surface area contributed by atoms with Crippen LogP contribution >= 0.6 is 11.6 Å². The van der Waals surface area contributed by atoms with Gasteiger partial charge >= 0.3 is 0 Å². The van der Waals surface area contributed by atoms with Crippen LogP contribution in [-0.2, 0) is 0 Å². The van der Waals surface area contributed by atoms with Crippen molar-refractivity contribution >= 4 is 17.5 Å². The normalized spacial score (nSPS) is 18.3. The number of halogens is 1. The van der Waals surface area contributed by atoms with E-state index in [1.807, 2.05) is 11.8 Å². The Labute approximate surface area is 131 Å². The summed E-state index contributed by atoms with van der Waals surface area (Å²) in [6.45, 7) is 5.56. The minimum absolute atomic E-state index is 0.0107. The van der Waals surface area contributed by atoms with Crippen LogP contribution in [0.15, 0.2) is 18.2 Å². The van der Waals surface area contributed by atoms with Crippen LogP contribution in [0.2, 0.25) is 5.02 Å². The minimum atomic E-state index is 0.0107. The van der Waals surface area contributed by atoms with Gasteiger partial charge in [-0.15, -0.1) is 0 Å². The van der Waals surface area contributed by atoms with E-state index in [0.29, 0.717) is 28.8 Å². The Morgan fingerprint density at radius 2 is 2.33 bits per heavy atom. The highest BCUT2D eigenvalue weighted by molar-refractivity contribution is 6.30. The van der Waals surface area contributed by atoms with E-state index in [4.69, 9.17) is 16.3 Å². The number of nitrogens with one attached hydrogen (secondary N) is 1. The summed E-state index contributed by atoms with van der Waals surface area (Å²) < 4.78 is 5.29. The average Bonchev–Trinajstić information content (AvgIpc) is 2.52. The largest absolute Gasteiger partial charge is 0.496 e. The van der Waals surface area contributed by atoms with Gasteiger partial charge in [0.25, 0.3) is 5.91 Å². The quantitative estimate of drug-likeness (QED) is 0.909. The molecule has 1 saturated heterocycles. The molecule has 1 unspecified atom stereocenters. The lowest BCUT2D eigenvalue weighted by Crippen LogP contribution is -2.41. The molecule has 0 spiro atoms. The van der Waals surface area contributed by atoms with Crippen LogP contribution < -0.4 is 10.1 Å². The van der Waals surface area contributed by atoms with Crippen molar-refractivity contribution in [3.8, 4) is 5.75 Å². The Bertz CT molecular complexity index is 487. The molecule has 2 rings (SSSR count). The van der Waals surface area contributed by atoms with Crippen LogP contribution in [0.4, 0.5) is 0 Å². The van der Waals surface area contributed by atoms with E-state index in [1.54, 1.807) is 25.3 Å². The molecule has 0 aliphatic carbocycles. The maximum absolute atomic E-state index is 12.7. The van der Waals surface area contributed by atoms with Crippen molar-refractivity contribution in [2.45, 2.75) is 19.8 Å². The topological polar surface area (TPSA) is 41.6 Å². The second kappa shape index (κ2) is 7.66. The summed E-state index contributed by atoms with van der Waals surface area (Å²) in [4.78, 5) is 14.6. The molecule has 0 bridgehead atoms. The number of methoxy groups -OCH3 is 1. The van der Waals surface area contributed by atoms with E-state index in [9.17, 15) is 4.79 Å². The number of hydrogen-bond donors (Lipinski definition) is 1. The van der Waals surface area contributed by atoms with Crippen LogP contribution in [0.5, 0.6) is 5.75 Å². The van der Waals surface area contributed by atoms with E-state index >= 15 is 0 Å². The molecule has 1 N–H and O–H groups in total. The highest BCUT2D eigenvalue weighted by atomic mass is 35.5. The lowest BCUT2D eigenvalue weighted by Gasteiger charge is -2.29. The number of amides is 1. The number of benzene rings is 1. The number of hydrogen-bond acceptors (Lipinski definition) is 3. The molecule has 0 saturated carbocycles. The monoisotopic (exact) mass is 310 g/mol. The van der Waals surface area contributed by atoms with Gasteiger partial charge in [0.15, 0.2) is 0 Å². The second-order valence-corrected chi connectivity index (χ2v) is 5.84. The molecular formula is C16H23ClN2O2. The zero-order chi connectivity index (χ0) is 15.2. The molecule has 1 aromatic rings. The summed E-state index contributed by atoms with van der Waals surface area (Å²) in [5.74, 6) is 1.07. The number of nitrogens with zero attached hydrogens (tertiary/aromatic N) is 1. The molecular weight excluding hydrogens is 288 g/mol. The van der Waals surface area contributed by atoms with Gasteiger partial charge in [-0.1, -0.05) is 11.6 Å². The molecule has 1 atom stereocenters. The summed E-state index contributed by atoms with van der Waals surface area (Å²) in [5.41, 5.74) is 0.576. The Balaban J connectivity index is 2.11. The van der Waals surface area contributed by atoms with Crippen molar-refractivity contribution in [2.75, 3.05) is 33.3 Å². The SMILES string of the molecule is CCN(CC1CCCNC1)C(=O)c1ccc(Cl)cc1OC. The number of carbonyl (C=O) groups is 1. The number of ether oxygens (including phenoxy) is 1. The molecule has 0 radical (unpaired) electrons. The van der Waals surface area contributed by atoms with Crippen molar-refractivity contribution in [3.63, 3.8) is 0 Å². The molecule has 1 aliphatic heterocycles. The van der Waals surface area contributed by atoms with Gasteiger partial charge in [-0.05, 0) is 57.0 Å². The second-order valence-electron chi connectivity index (χ2n) is 5.40. The first-order valence-corrected chi connectivity index (χ1v) is 7.87. The molecule has 1 heterocycles. The smallest absolute Gasteiger partial charge is 0.257 e. The summed E-state index contributed by atoms with van der Waals surface area (Å²) >= 11 is 5.96. The third-order valence-corrected chi connectivity index (χ3v) is 4.18. The maximum Gasteiger partial charge on any atom is 0.257 e.